The first kappa shape index (κ1) is 20.5. The molecule has 8 nitrogen and oxygen atoms in total. The van der Waals surface area contributed by atoms with Crippen LogP contribution >= 0.6 is 11.6 Å². The molecule has 3 aromatic heterocycles. The number of halogens is 2. The maximum atomic E-state index is 14.5. The van der Waals surface area contributed by atoms with Gasteiger partial charge in [-0.3, -0.25) is 0 Å². The van der Waals surface area contributed by atoms with Crippen LogP contribution in [0.4, 0.5) is 21.8 Å². The third kappa shape index (κ3) is 4.08. The van der Waals surface area contributed by atoms with Crippen LogP contribution in [-0.2, 0) is 4.74 Å². The molecule has 0 atom stereocenters. The van der Waals surface area contributed by atoms with E-state index in [1.54, 1.807) is 18.5 Å². The van der Waals surface area contributed by atoms with E-state index in [0.29, 0.717) is 35.4 Å². The minimum atomic E-state index is -0.513. The molecule has 0 aliphatic carbocycles. The fourth-order valence-corrected chi connectivity index (χ4v) is 3.81. The summed E-state index contributed by atoms with van der Waals surface area (Å²) in [5.74, 6) is 1.24. The quantitative estimate of drug-likeness (QED) is 0.653. The lowest BCUT2D eigenvalue weighted by Gasteiger charge is -2.28. The van der Waals surface area contributed by atoms with Gasteiger partial charge in [0, 0.05) is 19.1 Å². The van der Waals surface area contributed by atoms with Crippen LogP contribution in [0, 0.1) is 12.7 Å². The van der Waals surface area contributed by atoms with Crippen molar-refractivity contribution in [3.8, 4) is 11.4 Å². The summed E-state index contributed by atoms with van der Waals surface area (Å²) in [5, 5.41) is 3.57. The van der Waals surface area contributed by atoms with Gasteiger partial charge in [-0.1, -0.05) is 11.6 Å². The second-order valence-corrected chi connectivity index (χ2v) is 7.71. The van der Waals surface area contributed by atoms with E-state index >= 15 is 0 Å². The van der Waals surface area contributed by atoms with E-state index in [1.807, 2.05) is 25.3 Å². The summed E-state index contributed by atoms with van der Waals surface area (Å²) >= 11 is 6.44. The van der Waals surface area contributed by atoms with Gasteiger partial charge in [-0.05, 0) is 26.8 Å². The maximum absolute atomic E-state index is 14.5. The molecule has 0 bridgehead atoms. The average molecular weight is 432 g/mol. The zero-order valence-corrected chi connectivity index (χ0v) is 17.8. The number of imidazole rings is 1. The van der Waals surface area contributed by atoms with Crippen LogP contribution in [0.5, 0.6) is 0 Å². The topological polar surface area (TPSA) is 81.0 Å². The smallest absolute Gasteiger partial charge is 0.228 e. The Bertz CT molecular complexity index is 1050. The summed E-state index contributed by atoms with van der Waals surface area (Å²) in [6.07, 6.45) is 4.43. The number of ether oxygens (including phenoxy) is 1. The lowest BCUT2D eigenvalue weighted by atomic mass is 10.2. The molecule has 1 N–H and O–H groups in total. The molecular weight excluding hydrogens is 409 g/mol. The van der Waals surface area contributed by atoms with E-state index in [4.69, 9.17) is 16.3 Å². The molecule has 0 radical (unpaired) electrons. The van der Waals surface area contributed by atoms with Crippen LogP contribution in [0.15, 0.2) is 24.7 Å². The number of nitrogens with one attached hydrogen (secondary N) is 1. The fraction of sp³-hybridized carbons (Fsp3) is 0.400. The van der Waals surface area contributed by atoms with Crippen molar-refractivity contribution in [1.29, 1.82) is 0 Å². The van der Waals surface area contributed by atoms with Crippen molar-refractivity contribution in [3.63, 3.8) is 0 Å². The molecule has 30 heavy (non-hydrogen) atoms. The molecule has 10 heteroatoms. The normalized spacial score (nSPS) is 14.4. The highest BCUT2D eigenvalue weighted by atomic mass is 35.5. The van der Waals surface area contributed by atoms with Gasteiger partial charge in [0.2, 0.25) is 5.95 Å². The van der Waals surface area contributed by atoms with Gasteiger partial charge >= 0.3 is 0 Å². The van der Waals surface area contributed by atoms with Crippen LogP contribution in [0.3, 0.4) is 0 Å². The van der Waals surface area contributed by atoms with Crippen molar-refractivity contribution in [1.82, 2.24) is 24.5 Å². The van der Waals surface area contributed by atoms with Gasteiger partial charge in [-0.2, -0.15) is 0 Å². The lowest BCUT2D eigenvalue weighted by Crippen LogP contribution is -2.36. The predicted molar refractivity (Wildman–Crippen MR) is 114 cm³/mol. The van der Waals surface area contributed by atoms with Gasteiger partial charge in [0.05, 0.1) is 48.2 Å². The van der Waals surface area contributed by atoms with Crippen LogP contribution in [0.25, 0.3) is 11.4 Å². The van der Waals surface area contributed by atoms with Gasteiger partial charge < -0.3 is 19.5 Å². The van der Waals surface area contributed by atoms with Crippen molar-refractivity contribution in [2.75, 3.05) is 36.5 Å². The molecule has 1 aliphatic heterocycles. The molecule has 158 valence electrons. The van der Waals surface area contributed by atoms with E-state index in [1.165, 1.54) is 0 Å². The second-order valence-electron chi connectivity index (χ2n) is 7.30. The number of rotatable bonds is 5. The van der Waals surface area contributed by atoms with E-state index < -0.39 is 5.82 Å². The Morgan fingerprint density at radius 1 is 1.13 bits per heavy atom. The zero-order valence-electron chi connectivity index (χ0n) is 17.1. The first-order valence-corrected chi connectivity index (χ1v) is 10.1. The molecular formula is C20H23ClFN7O. The Morgan fingerprint density at radius 3 is 2.60 bits per heavy atom. The Labute approximate surface area is 179 Å². The maximum Gasteiger partial charge on any atom is 0.228 e. The van der Waals surface area contributed by atoms with Crippen LogP contribution in [0.1, 0.15) is 25.7 Å². The van der Waals surface area contributed by atoms with Gasteiger partial charge in [-0.25, -0.2) is 24.3 Å². The monoisotopic (exact) mass is 431 g/mol. The van der Waals surface area contributed by atoms with Gasteiger partial charge in [-0.15, -0.1) is 0 Å². The number of hydrogen-bond donors (Lipinski definition) is 1. The summed E-state index contributed by atoms with van der Waals surface area (Å²) in [4.78, 5) is 19.3. The van der Waals surface area contributed by atoms with Crippen LogP contribution < -0.4 is 10.2 Å². The standard InChI is InChI=1S/C20H23ClFN7O/c1-12(2)29-13(3)23-11-17(29)18-16(22)10-25-20(27-18)26-14-8-15(21)19(24-9-14)28-4-6-30-7-5-28/h8-12H,4-7H2,1-3H3,(H,25,26,27). The van der Waals surface area contributed by atoms with E-state index in [0.717, 1.165) is 25.1 Å². The minimum absolute atomic E-state index is 0.115. The second kappa shape index (κ2) is 8.53. The number of morpholine rings is 1. The first-order chi connectivity index (χ1) is 14.4. The summed E-state index contributed by atoms with van der Waals surface area (Å²) < 4.78 is 21.8. The van der Waals surface area contributed by atoms with Crippen molar-refractivity contribution in [2.45, 2.75) is 26.8 Å². The fourth-order valence-electron chi connectivity index (χ4n) is 3.52. The minimum Gasteiger partial charge on any atom is -0.378 e. The van der Waals surface area contributed by atoms with Crippen LogP contribution in [-0.4, -0.2) is 50.8 Å². The lowest BCUT2D eigenvalue weighted by molar-refractivity contribution is 0.122. The molecule has 4 rings (SSSR count). The Kier molecular flexibility index (Phi) is 5.83. The molecule has 0 spiro atoms. The highest BCUT2D eigenvalue weighted by Crippen LogP contribution is 2.29. The molecule has 0 unspecified atom stereocenters. The molecule has 3 aromatic rings. The third-order valence-electron chi connectivity index (χ3n) is 4.87. The predicted octanol–water partition coefficient (Wildman–Crippen LogP) is 4.00. The molecule has 0 saturated carbocycles. The number of pyridine rings is 1. The van der Waals surface area contributed by atoms with E-state index in [-0.39, 0.29) is 17.7 Å². The van der Waals surface area contributed by atoms with Crippen LogP contribution in [0.2, 0.25) is 5.02 Å². The third-order valence-corrected chi connectivity index (χ3v) is 5.15. The van der Waals surface area contributed by atoms with Crippen molar-refractivity contribution >= 4 is 29.1 Å². The Hall–Kier alpha value is -2.78. The molecule has 1 saturated heterocycles. The first-order valence-electron chi connectivity index (χ1n) is 9.76. The molecule has 0 amide bonds. The van der Waals surface area contributed by atoms with Crippen molar-refractivity contribution in [2.24, 2.45) is 0 Å². The van der Waals surface area contributed by atoms with E-state index in [2.05, 4.69) is 30.2 Å². The van der Waals surface area contributed by atoms with Gasteiger partial charge in [0.1, 0.15) is 17.3 Å². The highest BCUT2D eigenvalue weighted by molar-refractivity contribution is 6.33. The zero-order chi connectivity index (χ0) is 21.3. The van der Waals surface area contributed by atoms with E-state index in [9.17, 15) is 4.39 Å². The SMILES string of the molecule is Cc1ncc(-c2nc(Nc3cnc(N4CCOCC4)c(Cl)c3)ncc2F)n1C(C)C. The van der Waals surface area contributed by atoms with Gasteiger partial charge in [0.15, 0.2) is 5.82 Å². The number of hydrogen-bond acceptors (Lipinski definition) is 7. The summed E-state index contributed by atoms with van der Waals surface area (Å²) in [6.45, 7) is 8.69. The highest BCUT2D eigenvalue weighted by Gasteiger charge is 2.19. The largest absolute Gasteiger partial charge is 0.378 e. The number of anilines is 3. The van der Waals surface area contributed by atoms with Crippen molar-refractivity contribution < 1.29 is 9.13 Å². The summed E-state index contributed by atoms with van der Waals surface area (Å²) in [7, 11) is 0. The average Bonchev–Trinajstić information content (AvgIpc) is 3.12. The molecule has 4 heterocycles. The molecule has 1 aliphatic rings. The molecule has 1 fully saturated rings. The summed E-state index contributed by atoms with van der Waals surface area (Å²) in [5.41, 5.74) is 1.40. The number of aromatic nitrogens is 5. The molecule has 0 aromatic carbocycles. The number of nitrogens with zero attached hydrogens (tertiary/aromatic N) is 6. The summed E-state index contributed by atoms with van der Waals surface area (Å²) in [6, 6.07) is 1.87. The van der Waals surface area contributed by atoms with Crippen molar-refractivity contribution in [3.05, 3.63) is 41.3 Å². The Morgan fingerprint density at radius 2 is 1.90 bits per heavy atom. The number of aryl methyl sites for hydroxylation is 1. The van der Waals surface area contributed by atoms with Gasteiger partial charge in [0.25, 0.3) is 0 Å². The Balaban J connectivity index is 1.60.